The van der Waals surface area contributed by atoms with E-state index in [0.717, 1.165) is 54.3 Å². The Kier molecular flexibility index (Phi) is 11.8. The number of allylic oxidation sites excluding steroid dienone is 2. The summed E-state index contributed by atoms with van der Waals surface area (Å²) >= 11 is 0. The monoisotopic (exact) mass is 535 g/mol. The molecule has 0 aliphatic rings. The van der Waals surface area contributed by atoms with Gasteiger partial charge in [-0.3, -0.25) is 0 Å². The van der Waals surface area contributed by atoms with Gasteiger partial charge in [-0.25, -0.2) is 4.39 Å². The smallest absolute Gasteiger partial charge is 0.372 e. The minimum absolute atomic E-state index is 0.102. The van der Waals surface area contributed by atoms with Crippen LogP contribution in [0, 0.1) is 12.7 Å². The third-order valence-electron chi connectivity index (χ3n) is 6.88. The average Bonchev–Trinajstić information content (AvgIpc) is 2.88. The summed E-state index contributed by atoms with van der Waals surface area (Å²) in [6.45, 7) is 9.88. The lowest BCUT2D eigenvalue weighted by atomic mass is 10.0. The number of hydrogen-bond acceptors (Lipinski definition) is 5. The molecule has 0 amide bonds. The molecule has 0 radical (unpaired) electrons. The summed E-state index contributed by atoms with van der Waals surface area (Å²) in [5.41, 5.74) is 6.50. The van der Waals surface area contributed by atoms with E-state index >= 15 is 0 Å². The molecular formula is C29H41F4N5. The minimum atomic E-state index is -4.77. The van der Waals surface area contributed by atoms with Gasteiger partial charge in [-0.1, -0.05) is 45.1 Å². The molecule has 5 nitrogen and oxygen atoms in total. The zero-order chi connectivity index (χ0) is 28.5. The molecule has 0 fully saturated rings. The Balaban J connectivity index is 2.52. The normalized spacial score (nSPS) is 15.1. The first-order valence-electron chi connectivity index (χ1n) is 13.3. The fourth-order valence-electron chi connectivity index (χ4n) is 4.47. The number of aromatic nitrogens is 2. The molecule has 0 spiro atoms. The van der Waals surface area contributed by atoms with E-state index in [-0.39, 0.29) is 24.2 Å². The van der Waals surface area contributed by atoms with Crippen LogP contribution < -0.4 is 21.5 Å². The number of alkyl halides is 3. The fraction of sp³-hybridized carbons (Fsp3) is 0.517. The van der Waals surface area contributed by atoms with Crippen molar-refractivity contribution in [3.8, 4) is 0 Å². The first-order chi connectivity index (χ1) is 18.0. The number of benzene rings is 1. The number of rotatable bonds is 12. The lowest BCUT2D eigenvalue weighted by Crippen LogP contribution is -2.36. The number of nitrogens with one attached hydrogen (secondary N) is 1. The van der Waals surface area contributed by atoms with Crippen LogP contribution in [-0.4, -0.2) is 34.2 Å². The van der Waals surface area contributed by atoms with Crippen molar-refractivity contribution in [2.75, 3.05) is 12.4 Å². The maximum atomic E-state index is 14.6. The summed E-state index contributed by atoms with van der Waals surface area (Å²) in [6, 6.07) is 3.72. The van der Waals surface area contributed by atoms with Crippen molar-refractivity contribution in [3.63, 3.8) is 0 Å². The van der Waals surface area contributed by atoms with Crippen LogP contribution in [0.15, 0.2) is 30.0 Å². The SMILES string of the molecule is C/C=c1/c(C)nnc(NCc2cccc(C(F)(F)F)c2F)/c1=C/C(=C/CC)N(C)C(CC)CCC(N)CC. The van der Waals surface area contributed by atoms with E-state index in [1.165, 1.54) is 12.1 Å². The van der Waals surface area contributed by atoms with Crippen molar-refractivity contribution >= 4 is 18.0 Å². The van der Waals surface area contributed by atoms with Crippen molar-refractivity contribution < 1.29 is 17.6 Å². The summed E-state index contributed by atoms with van der Waals surface area (Å²) < 4.78 is 54.2. The van der Waals surface area contributed by atoms with Crippen LogP contribution in [0.25, 0.3) is 12.2 Å². The van der Waals surface area contributed by atoms with E-state index < -0.39 is 17.6 Å². The Morgan fingerprint density at radius 2 is 1.82 bits per heavy atom. The second-order valence-electron chi connectivity index (χ2n) is 9.48. The van der Waals surface area contributed by atoms with Gasteiger partial charge in [0.05, 0.1) is 11.3 Å². The fourth-order valence-corrected chi connectivity index (χ4v) is 4.47. The van der Waals surface area contributed by atoms with Gasteiger partial charge in [0.15, 0.2) is 5.82 Å². The lowest BCUT2D eigenvalue weighted by molar-refractivity contribution is -0.140. The van der Waals surface area contributed by atoms with E-state index in [0.29, 0.717) is 11.5 Å². The second-order valence-corrected chi connectivity index (χ2v) is 9.48. The highest BCUT2D eigenvalue weighted by molar-refractivity contribution is 5.54. The van der Waals surface area contributed by atoms with Crippen molar-refractivity contribution in [2.45, 2.75) is 91.5 Å². The van der Waals surface area contributed by atoms with E-state index in [2.05, 4.69) is 54.3 Å². The van der Waals surface area contributed by atoms with Crippen molar-refractivity contribution in [1.29, 1.82) is 0 Å². The van der Waals surface area contributed by atoms with Gasteiger partial charge in [0, 0.05) is 47.4 Å². The van der Waals surface area contributed by atoms with Gasteiger partial charge >= 0.3 is 6.18 Å². The Labute approximate surface area is 223 Å². The van der Waals surface area contributed by atoms with Gasteiger partial charge < -0.3 is 16.0 Å². The van der Waals surface area contributed by atoms with Crippen molar-refractivity contribution in [2.24, 2.45) is 5.73 Å². The molecule has 0 aliphatic heterocycles. The van der Waals surface area contributed by atoms with Gasteiger partial charge in [-0.15, -0.1) is 5.10 Å². The third-order valence-corrected chi connectivity index (χ3v) is 6.88. The molecule has 3 N–H and O–H groups in total. The molecule has 9 heteroatoms. The first-order valence-corrected chi connectivity index (χ1v) is 13.3. The van der Waals surface area contributed by atoms with Crippen LogP contribution >= 0.6 is 0 Å². The first kappa shape index (κ1) is 31.3. The molecule has 1 aromatic carbocycles. The zero-order valence-electron chi connectivity index (χ0n) is 23.3. The van der Waals surface area contributed by atoms with Crippen LogP contribution in [0.4, 0.5) is 23.4 Å². The van der Waals surface area contributed by atoms with Gasteiger partial charge in [0.1, 0.15) is 5.82 Å². The maximum absolute atomic E-state index is 14.6. The van der Waals surface area contributed by atoms with E-state index in [4.69, 9.17) is 5.73 Å². The molecule has 210 valence electrons. The molecule has 0 bridgehead atoms. The summed E-state index contributed by atoms with van der Waals surface area (Å²) in [5, 5.41) is 13.2. The summed E-state index contributed by atoms with van der Waals surface area (Å²) in [7, 11) is 2.06. The topological polar surface area (TPSA) is 67.1 Å². The molecule has 2 rings (SSSR count). The Hall–Kier alpha value is -2.94. The van der Waals surface area contributed by atoms with Crippen LogP contribution in [0.2, 0.25) is 0 Å². The predicted molar refractivity (Wildman–Crippen MR) is 147 cm³/mol. The highest BCUT2D eigenvalue weighted by Crippen LogP contribution is 2.32. The van der Waals surface area contributed by atoms with Gasteiger partial charge in [0.2, 0.25) is 0 Å². The molecule has 0 saturated heterocycles. The summed E-state index contributed by atoms with van der Waals surface area (Å²) in [6.07, 6.45) is 5.88. The minimum Gasteiger partial charge on any atom is -0.372 e. The zero-order valence-corrected chi connectivity index (χ0v) is 23.3. The number of nitrogens with two attached hydrogens (primary N) is 1. The molecule has 0 saturated carbocycles. The number of anilines is 1. The number of halogens is 4. The van der Waals surface area contributed by atoms with Crippen LogP contribution in [0.3, 0.4) is 0 Å². The Morgan fingerprint density at radius 1 is 1.11 bits per heavy atom. The summed E-state index contributed by atoms with van der Waals surface area (Å²) in [5.74, 6) is -0.917. The third kappa shape index (κ3) is 8.03. The molecular weight excluding hydrogens is 494 g/mol. The molecule has 1 aromatic heterocycles. The van der Waals surface area contributed by atoms with Crippen molar-refractivity contribution in [1.82, 2.24) is 15.1 Å². The largest absolute Gasteiger partial charge is 0.419 e. The average molecular weight is 536 g/mol. The molecule has 2 unspecified atom stereocenters. The maximum Gasteiger partial charge on any atom is 0.419 e. The quantitative estimate of drug-likeness (QED) is 0.344. The highest BCUT2D eigenvalue weighted by atomic mass is 19.4. The van der Waals surface area contributed by atoms with E-state index in [9.17, 15) is 17.6 Å². The number of hydrogen-bond donors (Lipinski definition) is 2. The van der Waals surface area contributed by atoms with Gasteiger partial charge in [-0.05, 0) is 58.1 Å². The molecule has 0 aliphatic carbocycles. The molecule has 2 aromatic rings. The van der Waals surface area contributed by atoms with Crippen molar-refractivity contribution in [3.05, 3.63) is 63.0 Å². The predicted octanol–water partition coefficient (Wildman–Crippen LogP) is 5.66. The van der Waals surface area contributed by atoms with Gasteiger partial charge in [-0.2, -0.15) is 18.3 Å². The lowest BCUT2D eigenvalue weighted by Gasteiger charge is -2.31. The van der Waals surface area contributed by atoms with Crippen LogP contribution in [0.5, 0.6) is 0 Å². The Morgan fingerprint density at radius 3 is 2.39 bits per heavy atom. The number of aryl methyl sites for hydroxylation is 1. The molecule has 2 atom stereocenters. The van der Waals surface area contributed by atoms with Crippen LogP contribution in [0.1, 0.15) is 76.6 Å². The second kappa shape index (κ2) is 14.3. The number of nitrogens with zero attached hydrogens (tertiary/aromatic N) is 3. The Bertz CT molecular complexity index is 1210. The van der Waals surface area contributed by atoms with E-state index in [1.54, 1.807) is 0 Å². The van der Waals surface area contributed by atoms with Crippen LogP contribution in [-0.2, 0) is 12.7 Å². The van der Waals surface area contributed by atoms with E-state index in [1.807, 2.05) is 26.0 Å². The molecule has 1 heterocycles. The highest BCUT2D eigenvalue weighted by Gasteiger charge is 2.34. The molecule has 38 heavy (non-hydrogen) atoms. The standard InChI is InChI=1S/C29H41F4N5/c1-7-12-23(38(6)22(9-3)16-15-21(34)8-2)17-25-24(10-4)19(5)36-37-28(25)35-18-20-13-11-14-26(27(20)30)29(31,32)33/h10-14,17,21-22H,7-9,15-16,18,34H2,1-6H3,(H,35,37)/b23-12-,24-10-,25-17+. The summed E-state index contributed by atoms with van der Waals surface area (Å²) in [4.78, 5) is 2.25. The van der Waals surface area contributed by atoms with Gasteiger partial charge in [0.25, 0.3) is 0 Å².